The number of ether oxygens (including phenoxy) is 3. The molecular weight excluding hydrogens is 266 g/mol. The Hall–Kier alpha value is -1.42. The summed E-state index contributed by atoms with van der Waals surface area (Å²) < 4.78 is 16.5. The van der Waals surface area contributed by atoms with E-state index in [4.69, 9.17) is 14.2 Å². The lowest BCUT2D eigenvalue weighted by Crippen LogP contribution is -2.32. The average Bonchev–Trinajstić information content (AvgIpc) is 2.94. The molecule has 0 aliphatic heterocycles. The largest absolute Gasteiger partial charge is 0.493 e. The predicted octanol–water partition coefficient (Wildman–Crippen LogP) is 3.55. The van der Waals surface area contributed by atoms with Crippen LogP contribution in [0, 0.1) is 5.41 Å². The van der Waals surface area contributed by atoms with Crippen molar-refractivity contribution in [3.8, 4) is 17.2 Å². The molecule has 1 aliphatic carbocycles. The van der Waals surface area contributed by atoms with Gasteiger partial charge in [-0.1, -0.05) is 19.8 Å². The first-order chi connectivity index (χ1) is 10.1. The average molecular weight is 293 g/mol. The molecule has 1 N–H and O–H groups in total. The monoisotopic (exact) mass is 293 g/mol. The van der Waals surface area contributed by atoms with E-state index in [1.54, 1.807) is 21.3 Å². The van der Waals surface area contributed by atoms with Crippen molar-refractivity contribution < 1.29 is 14.2 Å². The Morgan fingerprint density at radius 2 is 1.62 bits per heavy atom. The maximum atomic E-state index is 5.65. The second-order valence-corrected chi connectivity index (χ2v) is 6.01. The van der Waals surface area contributed by atoms with Gasteiger partial charge in [0.1, 0.15) is 0 Å². The highest BCUT2D eigenvalue weighted by Gasteiger charge is 2.39. The molecular formula is C17H27NO3. The first kappa shape index (κ1) is 16.0. The molecule has 0 bridgehead atoms. The van der Waals surface area contributed by atoms with Crippen molar-refractivity contribution in [3.63, 3.8) is 0 Å². The summed E-state index contributed by atoms with van der Waals surface area (Å²) in [6.07, 6.45) is 5.06. The smallest absolute Gasteiger partial charge is 0.203 e. The Kier molecular flexibility index (Phi) is 4.99. The number of methoxy groups -OCH3 is 3. The number of benzene rings is 1. The first-order valence-electron chi connectivity index (χ1n) is 7.57. The van der Waals surface area contributed by atoms with Crippen molar-refractivity contribution >= 4 is 0 Å². The molecule has 21 heavy (non-hydrogen) atoms. The number of nitrogens with one attached hydrogen (secondary N) is 1. The summed E-state index contributed by atoms with van der Waals surface area (Å²) in [6, 6.07) is 4.29. The molecule has 1 atom stereocenters. The molecule has 1 saturated carbocycles. The molecule has 118 valence electrons. The van der Waals surface area contributed by atoms with Gasteiger partial charge in [-0.25, -0.2) is 0 Å². The zero-order chi connectivity index (χ0) is 15.5. The highest BCUT2D eigenvalue weighted by Crippen LogP contribution is 2.51. The summed E-state index contributed by atoms with van der Waals surface area (Å²) in [6.45, 7) is 2.36. The molecule has 1 unspecified atom stereocenters. The number of hydrogen-bond acceptors (Lipinski definition) is 4. The maximum Gasteiger partial charge on any atom is 0.203 e. The third kappa shape index (κ3) is 2.82. The molecule has 4 heteroatoms. The molecule has 0 radical (unpaired) electrons. The highest BCUT2D eigenvalue weighted by atomic mass is 16.5. The summed E-state index contributed by atoms with van der Waals surface area (Å²) in [5.41, 5.74) is 1.39. The van der Waals surface area contributed by atoms with Gasteiger partial charge in [0.2, 0.25) is 5.75 Å². The van der Waals surface area contributed by atoms with E-state index < -0.39 is 0 Å². The Bertz CT molecular complexity index is 481. The maximum absolute atomic E-state index is 5.65. The minimum atomic E-state index is 0.245. The van der Waals surface area contributed by atoms with Crippen LogP contribution in [-0.4, -0.2) is 28.4 Å². The van der Waals surface area contributed by atoms with Gasteiger partial charge in [0.15, 0.2) is 11.5 Å². The van der Waals surface area contributed by atoms with Crippen LogP contribution in [0.25, 0.3) is 0 Å². The van der Waals surface area contributed by atoms with Crippen molar-refractivity contribution in [2.24, 2.45) is 5.41 Å². The van der Waals surface area contributed by atoms with Crippen molar-refractivity contribution in [1.82, 2.24) is 5.32 Å². The molecule has 2 rings (SSSR count). The fourth-order valence-electron chi connectivity index (χ4n) is 3.70. The zero-order valence-electron chi connectivity index (χ0n) is 13.8. The lowest BCUT2D eigenvalue weighted by molar-refractivity contribution is 0.226. The van der Waals surface area contributed by atoms with Gasteiger partial charge in [0, 0.05) is 11.6 Å². The second kappa shape index (κ2) is 6.56. The van der Waals surface area contributed by atoms with Gasteiger partial charge in [0.05, 0.1) is 21.3 Å². The van der Waals surface area contributed by atoms with Gasteiger partial charge < -0.3 is 19.5 Å². The normalized spacial score (nSPS) is 18.3. The van der Waals surface area contributed by atoms with Crippen LogP contribution < -0.4 is 19.5 Å². The van der Waals surface area contributed by atoms with E-state index in [1.165, 1.54) is 25.7 Å². The Morgan fingerprint density at radius 3 is 2.10 bits per heavy atom. The van der Waals surface area contributed by atoms with Crippen LogP contribution in [0.1, 0.15) is 44.2 Å². The molecule has 0 amide bonds. The zero-order valence-corrected chi connectivity index (χ0v) is 13.8. The van der Waals surface area contributed by atoms with Gasteiger partial charge in [-0.2, -0.15) is 0 Å². The third-order valence-corrected chi connectivity index (χ3v) is 4.78. The quantitative estimate of drug-likeness (QED) is 0.870. The number of hydrogen-bond donors (Lipinski definition) is 1. The molecule has 0 spiro atoms. The lowest BCUT2D eigenvalue weighted by Gasteiger charge is -2.35. The topological polar surface area (TPSA) is 39.7 Å². The molecule has 0 saturated heterocycles. The van der Waals surface area contributed by atoms with Crippen LogP contribution in [0.2, 0.25) is 0 Å². The van der Waals surface area contributed by atoms with Gasteiger partial charge in [-0.15, -0.1) is 0 Å². The molecule has 1 aliphatic rings. The Labute approximate surface area is 127 Å². The van der Waals surface area contributed by atoms with E-state index in [0.717, 1.165) is 11.3 Å². The van der Waals surface area contributed by atoms with Crippen LogP contribution in [0.15, 0.2) is 12.1 Å². The van der Waals surface area contributed by atoms with Crippen LogP contribution >= 0.6 is 0 Å². The summed E-state index contributed by atoms with van der Waals surface area (Å²) >= 11 is 0. The van der Waals surface area contributed by atoms with Crippen LogP contribution in [0.3, 0.4) is 0 Å². The second-order valence-electron chi connectivity index (χ2n) is 6.01. The number of rotatable bonds is 6. The molecule has 0 aromatic heterocycles. The van der Waals surface area contributed by atoms with E-state index >= 15 is 0 Å². The van der Waals surface area contributed by atoms with Crippen molar-refractivity contribution in [1.29, 1.82) is 0 Å². The van der Waals surface area contributed by atoms with E-state index in [9.17, 15) is 0 Å². The van der Waals surface area contributed by atoms with Gasteiger partial charge >= 0.3 is 0 Å². The third-order valence-electron chi connectivity index (χ3n) is 4.78. The van der Waals surface area contributed by atoms with Crippen LogP contribution in [0.4, 0.5) is 0 Å². The fourth-order valence-corrected chi connectivity index (χ4v) is 3.70. The SMILES string of the molecule is CNC(c1ccc(OC)c(OC)c1OC)C1(C)CCCC1. The van der Waals surface area contributed by atoms with Gasteiger partial charge in [0.25, 0.3) is 0 Å². The minimum Gasteiger partial charge on any atom is -0.493 e. The summed E-state index contributed by atoms with van der Waals surface area (Å²) in [5.74, 6) is 2.13. The minimum absolute atomic E-state index is 0.245. The summed E-state index contributed by atoms with van der Waals surface area (Å²) in [5, 5.41) is 3.49. The highest BCUT2D eigenvalue weighted by molar-refractivity contribution is 5.57. The Morgan fingerprint density at radius 1 is 1.00 bits per heavy atom. The van der Waals surface area contributed by atoms with E-state index in [2.05, 4.69) is 18.3 Å². The van der Waals surface area contributed by atoms with E-state index in [1.807, 2.05) is 13.1 Å². The molecule has 1 aromatic carbocycles. The Balaban J connectivity index is 2.50. The predicted molar refractivity (Wildman–Crippen MR) is 84.5 cm³/mol. The molecule has 4 nitrogen and oxygen atoms in total. The summed E-state index contributed by atoms with van der Waals surface area (Å²) in [4.78, 5) is 0. The van der Waals surface area contributed by atoms with Crippen molar-refractivity contribution in [2.45, 2.75) is 38.6 Å². The van der Waals surface area contributed by atoms with E-state index in [0.29, 0.717) is 11.5 Å². The lowest BCUT2D eigenvalue weighted by atomic mass is 9.77. The van der Waals surface area contributed by atoms with Crippen molar-refractivity contribution in [3.05, 3.63) is 17.7 Å². The molecule has 0 heterocycles. The van der Waals surface area contributed by atoms with Gasteiger partial charge in [-0.3, -0.25) is 0 Å². The van der Waals surface area contributed by atoms with Crippen molar-refractivity contribution in [2.75, 3.05) is 28.4 Å². The van der Waals surface area contributed by atoms with Crippen LogP contribution in [0.5, 0.6) is 17.2 Å². The molecule has 1 aromatic rings. The summed E-state index contributed by atoms with van der Waals surface area (Å²) in [7, 11) is 7.00. The van der Waals surface area contributed by atoms with E-state index in [-0.39, 0.29) is 11.5 Å². The van der Waals surface area contributed by atoms with Gasteiger partial charge in [-0.05, 0) is 37.4 Å². The first-order valence-corrected chi connectivity index (χ1v) is 7.57. The molecule has 1 fully saturated rings. The fraction of sp³-hybridized carbons (Fsp3) is 0.647. The van der Waals surface area contributed by atoms with Crippen LogP contribution in [-0.2, 0) is 0 Å². The standard InChI is InChI=1S/C17H27NO3/c1-17(10-6-7-11-17)16(18-2)12-8-9-13(19-3)15(21-5)14(12)20-4/h8-9,16,18H,6-7,10-11H2,1-5H3.